The predicted molar refractivity (Wildman–Crippen MR) is 224 cm³/mol. The standard InChI is InChI=1S/C45H79N3O9/c1-3-5-7-9-11-13-15-17-19-21-23-25-27-29-42(50)55-35-39(57-44(52)30-28-26-24-22-20-18-16-14-12-10-8-6-4-2)36-56-43(51)32-31-41(49)48-40(45(53)54)33-38-34-46-37-47-38/h34,37,39-40H,3-33,35-36H2,1-2H3,(H,46,47)(H,48,49)(H,53,54)/t39?,40-/m0/s1. The number of hydrogen-bond acceptors (Lipinski definition) is 9. The molecule has 3 N–H and O–H groups in total. The molecule has 0 bridgehead atoms. The number of esters is 3. The van der Waals surface area contributed by atoms with Crippen LogP contribution < -0.4 is 5.32 Å². The average Bonchev–Trinajstić information content (AvgIpc) is 3.71. The zero-order chi connectivity index (χ0) is 41.6. The molecule has 0 radical (unpaired) electrons. The smallest absolute Gasteiger partial charge is 0.326 e. The number of carbonyl (C=O) groups is 5. The molecule has 0 aliphatic carbocycles. The summed E-state index contributed by atoms with van der Waals surface area (Å²) in [7, 11) is 0. The van der Waals surface area contributed by atoms with Gasteiger partial charge in [0.05, 0.1) is 12.7 Å². The summed E-state index contributed by atoms with van der Waals surface area (Å²) >= 11 is 0. The normalized spacial score (nSPS) is 12.2. The number of unbranched alkanes of at least 4 members (excludes halogenated alkanes) is 24. The molecule has 0 aliphatic heterocycles. The van der Waals surface area contributed by atoms with E-state index in [2.05, 4.69) is 29.1 Å². The van der Waals surface area contributed by atoms with Crippen molar-refractivity contribution in [2.75, 3.05) is 13.2 Å². The first-order valence-corrected chi connectivity index (χ1v) is 22.7. The fourth-order valence-electron chi connectivity index (χ4n) is 6.75. The lowest BCUT2D eigenvalue weighted by Gasteiger charge is -2.18. The van der Waals surface area contributed by atoms with Crippen molar-refractivity contribution in [3.8, 4) is 0 Å². The number of ether oxygens (including phenoxy) is 3. The van der Waals surface area contributed by atoms with Gasteiger partial charge in [0.25, 0.3) is 0 Å². The monoisotopic (exact) mass is 806 g/mol. The molecule has 1 aromatic heterocycles. The van der Waals surface area contributed by atoms with Crippen LogP contribution in [0.5, 0.6) is 0 Å². The summed E-state index contributed by atoms with van der Waals surface area (Å²) in [5.74, 6) is -3.39. The van der Waals surface area contributed by atoms with E-state index in [9.17, 15) is 29.1 Å². The van der Waals surface area contributed by atoms with Gasteiger partial charge >= 0.3 is 23.9 Å². The summed E-state index contributed by atoms with van der Waals surface area (Å²) in [6.45, 7) is 3.92. The van der Waals surface area contributed by atoms with Crippen LogP contribution in [0.1, 0.15) is 212 Å². The molecule has 1 heterocycles. The highest BCUT2D eigenvalue weighted by atomic mass is 16.6. The number of aromatic nitrogens is 2. The van der Waals surface area contributed by atoms with Crippen molar-refractivity contribution in [3.63, 3.8) is 0 Å². The van der Waals surface area contributed by atoms with E-state index in [0.717, 1.165) is 38.5 Å². The molecule has 0 fully saturated rings. The predicted octanol–water partition coefficient (Wildman–Crippen LogP) is 10.3. The minimum absolute atomic E-state index is 0.00987. The van der Waals surface area contributed by atoms with Crippen LogP contribution in [0.2, 0.25) is 0 Å². The van der Waals surface area contributed by atoms with Gasteiger partial charge in [0, 0.05) is 37.6 Å². The number of rotatable bonds is 40. The summed E-state index contributed by atoms with van der Waals surface area (Å²) in [6.07, 6.45) is 33.1. The minimum Gasteiger partial charge on any atom is -0.480 e. The van der Waals surface area contributed by atoms with Gasteiger partial charge in [-0.2, -0.15) is 0 Å². The topological polar surface area (TPSA) is 174 Å². The van der Waals surface area contributed by atoms with E-state index in [-0.39, 0.29) is 51.3 Å². The number of carbonyl (C=O) groups excluding carboxylic acids is 4. The fraction of sp³-hybridized carbons (Fsp3) is 0.822. The molecule has 0 saturated heterocycles. The lowest BCUT2D eigenvalue weighted by molar-refractivity contribution is -0.167. The van der Waals surface area contributed by atoms with Gasteiger partial charge < -0.3 is 29.6 Å². The zero-order valence-electron chi connectivity index (χ0n) is 35.8. The maximum Gasteiger partial charge on any atom is 0.326 e. The third-order valence-corrected chi connectivity index (χ3v) is 10.3. The highest BCUT2D eigenvalue weighted by Gasteiger charge is 2.23. The molecular weight excluding hydrogens is 727 g/mol. The zero-order valence-corrected chi connectivity index (χ0v) is 35.8. The summed E-state index contributed by atoms with van der Waals surface area (Å²) in [6, 6.07) is -1.19. The van der Waals surface area contributed by atoms with Crippen LogP contribution in [-0.4, -0.2) is 70.2 Å². The van der Waals surface area contributed by atoms with E-state index >= 15 is 0 Å². The van der Waals surface area contributed by atoms with E-state index in [1.54, 1.807) is 0 Å². The molecule has 1 rings (SSSR count). The Labute approximate surface area is 344 Å². The highest BCUT2D eigenvalue weighted by Crippen LogP contribution is 2.15. The highest BCUT2D eigenvalue weighted by molar-refractivity contribution is 5.85. The van der Waals surface area contributed by atoms with Gasteiger partial charge in [0.15, 0.2) is 6.10 Å². The second kappa shape index (κ2) is 36.9. The van der Waals surface area contributed by atoms with Crippen LogP contribution in [0.25, 0.3) is 0 Å². The van der Waals surface area contributed by atoms with E-state index in [1.807, 2.05) is 0 Å². The number of nitrogens with one attached hydrogen (secondary N) is 2. The molecule has 12 heteroatoms. The molecule has 0 aromatic carbocycles. The van der Waals surface area contributed by atoms with Gasteiger partial charge in [0.2, 0.25) is 5.91 Å². The molecular formula is C45H79N3O9. The van der Waals surface area contributed by atoms with Crippen molar-refractivity contribution in [2.45, 2.75) is 225 Å². The quantitative estimate of drug-likeness (QED) is 0.0329. The number of aliphatic carboxylic acids is 1. The lowest BCUT2D eigenvalue weighted by Crippen LogP contribution is -2.42. The Morgan fingerprint density at radius 3 is 1.39 bits per heavy atom. The molecule has 0 aliphatic rings. The summed E-state index contributed by atoms with van der Waals surface area (Å²) in [5, 5.41) is 11.9. The average molecular weight is 806 g/mol. The number of H-pyrrole nitrogens is 1. The molecule has 1 unspecified atom stereocenters. The largest absolute Gasteiger partial charge is 0.480 e. The maximum absolute atomic E-state index is 12.7. The third-order valence-electron chi connectivity index (χ3n) is 10.3. The third kappa shape index (κ3) is 32.2. The van der Waals surface area contributed by atoms with Crippen LogP contribution >= 0.6 is 0 Å². The van der Waals surface area contributed by atoms with Gasteiger partial charge in [0.1, 0.15) is 19.3 Å². The van der Waals surface area contributed by atoms with Crippen molar-refractivity contribution < 1.29 is 43.3 Å². The second-order valence-corrected chi connectivity index (χ2v) is 15.7. The number of imidazole rings is 1. The Balaban J connectivity index is 2.41. The van der Waals surface area contributed by atoms with Crippen LogP contribution in [0.3, 0.4) is 0 Å². The first-order valence-electron chi connectivity index (χ1n) is 22.7. The van der Waals surface area contributed by atoms with Crippen LogP contribution in [0, 0.1) is 0 Å². The SMILES string of the molecule is CCCCCCCCCCCCCCCC(=O)OCC(COC(=O)CCC(=O)N[C@@H](Cc1cnc[nH]1)C(=O)O)OC(=O)CCCCCCCCCCCCCCC. The lowest BCUT2D eigenvalue weighted by atomic mass is 10.0. The molecule has 12 nitrogen and oxygen atoms in total. The minimum atomic E-state index is -1.22. The molecule has 57 heavy (non-hydrogen) atoms. The van der Waals surface area contributed by atoms with Crippen LogP contribution in [-0.2, 0) is 44.6 Å². The molecule has 1 aromatic rings. The number of amides is 1. The first-order chi connectivity index (χ1) is 27.7. The number of hydrogen-bond donors (Lipinski definition) is 3. The number of carboxylic acids is 1. The van der Waals surface area contributed by atoms with Gasteiger partial charge in [-0.05, 0) is 12.8 Å². The number of carboxylic acid groups (broad SMARTS) is 1. The van der Waals surface area contributed by atoms with Crippen molar-refractivity contribution in [2.24, 2.45) is 0 Å². The van der Waals surface area contributed by atoms with Crippen molar-refractivity contribution in [1.82, 2.24) is 15.3 Å². The Hall–Kier alpha value is -3.44. The van der Waals surface area contributed by atoms with Gasteiger partial charge in [-0.15, -0.1) is 0 Å². The summed E-state index contributed by atoms with van der Waals surface area (Å²) < 4.78 is 16.3. The van der Waals surface area contributed by atoms with Gasteiger partial charge in [-0.25, -0.2) is 9.78 Å². The number of aromatic amines is 1. The summed E-state index contributed by atoms with van der Waals surface area (Å²) in [4.78, 5) is 68.5. The molecule has 0 spiro atoms. The van der Waals surface area contributed by atoms with Crippen LogP contribution in [0.15, 0.2) is 12.5 Å². The Morgan fingerprint density at radius 2 is 0.982 bits per heavy atom. The maximum atomic E-state index is 12.7. The first kappa shape index (κ1) is 51.6. The molecule has 0 saturated carbocycles. The second-order valence-electron chi connectivity index (χ2n) is 15.7. The van der Waals surface area contributed by atoms with E-state index < -0.39 is 36.0 Å². The Bertz CT molecular complexity index is 1160. The Kier molecular flexibility index (Phi) is 33.4. The van der Waals surface area contributed by atoms with Gasteiger partial charge in [-0.1, -0.05) is 168 Å². The van der Waals surface area contributed by atoms with Crippen LogP contribution in [0.4, 0.5) is 0 Å². The molecule has 328 valence electrons. The van der Waals surface area contributed by atoms with E-state index in [0.29, 0.717) is 12.1 Å². The Morgan fingerprint density at radius 1 is 0.579 bits per heavy atom. The van der Waals surface area contributed by atoms with E-state index in [1.165, 1.54) is 135 Å². The fourth-order valence-corrected chi connectivity index (χ4v) is 6.75. The van der Waals surface area contributed by atoms with Gasteiger partial charge in [-0.3, -0.25) is 19.2 Å². The van der Waals surface area contributed by atoms with Crippen molar-refractivity contribution in [3.05, 3.63) is 18.2 Å². The van der Waals surface area contributed by atoms with Crippen molar-refractivity contribution in [1.29, 1.82) is 0 Å². The number of nitrogens with zero attached hydrogens (tertiary/aromatic N) is 1. The van der Waals surface area contributed by atoms with E-state index in [4.69, 9.17) is 14.2 Å². The molecule has 1 amide bonds. The summed E-state index contributed by atoms with van der Waals surface area (Å²) in [5.41, 5.74) is 0.543. The van der Waals surface area contributed by atoms with Crippen molar-refractivity contribution >= 4 is 29.8 Å². The molecule has 2 atom stereocenters.